The molecule has 1 unspecified atom stereocenters. The van der Waals surface area contributed by atoms with E-state index in [1.807, 2.05) is 11.8 Å². The summed E-state index contributed by atoms with van der Waals surface area (Å²) in [5.41, 5.74) is 0. The summed E-state index contributed by atoms with van der Waals surface area (Å²) in [6.45, 7) is 4.61. The van der Waals surface area contributed by atoms with Crippen molar-refractivity contribution < 1.29 is 4.79 Å². The SMILES string of the molecule is CN=C(NCCNC(=O)C1CC1)NCC1(C)CCCS1.I. The van der Waals surface area contributed by atoms with Crippen LogP contribution in [-0.2, 0) is 4.79 Å². The predicted molar refractivity (Wildman–Crippen MR) is 101 cm³/mol. The van der Waals surface area contributed by atoms with Crippen molar-refractivity contribution in [1.82, 2.24) is 16.0 Å². The van der Waals surface area contributed by atoms with Crippen molar-refractivity contribution in [2.45, 2.75) is 37.4 Å². The Morgan fingerprint density at radius 2 is 2.00 bits per heavy atom. The van der Waals surface area contributed by atoms with Crippen LogP contribution < -0.4 is 16.0 Å². The van der Waals surface area contributed by atoms with Gasteiger partial charge >= 0.3 is 0 Å². The van der Waals surface area contributed by atoms with Gasteiger partial charge in [-0.1, -0.05) is 0 Å². The number of rotatable bonds is 6. The quantitative estimate of drug-likeness (QED) is 0.261. The Labute approximate surface area is 148 Å². The van der Waals surface area contributed by atoms with Gasteiger partial charge in [0, 0.05) is 37.3 Å². The number of carbonyl (C=O) groups excluding carboxylic acids is 1. The average Bonchev–Trinajstić information content (AvgIpc) is 3.21. The molecule has 21 heavy (non-hydrogen) atoms. The van der Waals surface area contributed by atoms with Crippen LogP contribution in [0.1, 0.15) is 32.6 Å². The Balaban J connectivity index is 0.00000220. The maximum absolute atomic E-state index is 11.5. The smallest absolute Gasteiger partial charge is 0.223 e. The van der Waals surface area contributed by atoms with Gasteiger partial charge in [-0.15, -0.1) is 24.0 Å². The molecule has 0 bridgehead atoms. The summed E-state index contributed by atoms with van der Waals surface area (Å²) in [7, 11) is 1.78. The van der Waals surface area contributed by atoms with Crippen molar-refractivity contribution in [2.24, 2.45) is 10.9 Å². The first kappa shape index (κ1) is 18.9. The number of guanidine groups is 1. The molecule has 1 amide bonds. The fourth-order valence-electron chi connectivity index (χ4n) is 2.32. The fourth-order valence-corrected chi connectivity index (χ4v) is 3.57. The Bertz CT molecular complexity index is 368. The van der Waals surface area contributed by atoms with Crippen molar-refractivity contribution in [2.75, 3.05) is 32.4 Å². The summed E-state index contributed by atoms with van der Waals surface area (Å²) >= 11 is 2.04. The van der Waals surface area contributed by atoms with Crippen molar-refractivity contribution in [1.29, 1.82) is 0 Å². The highest BCUT2D eigenvalue weighted by molar-refractivity contribution is 14.0. The second-order valence-corrected chi connectivity index (χ2v) is 7.50. The van der Waals surface area contributed by atoms with Gasteiger partial charge in [-0.25, -0.2) is 0 Å². The van der Waals surface area contributed by atoms with Crippen molar-refractivity contribution in [3.05, 3.63) is 0 Å². The fraction of sp³-hybridized carbons (Fsp3) is 0.857. The molecule has 3 N–H and O–H groups in total. The highest BCUT2D eigenvalue weighted by Gasteiger charge is 2.30. The van der Waals surface area contributed by atoms with E-state index in [-0.39, 0.29) is 35.8 Å². The number of nitrogens with zero attached hydrogens (tertiary/aromatic N) is 1. The molecule has 5 nitrogen and oxygen atoms in total. The minimum atomic E-state index is 0. The van der Waals surface area contributed by atoms with Gasteiger partial charge < -0.3 is 16.0 Å². The van der Waals surface area contributed by atoms with Crippen LogP contribution in [0.4, 0.5) is 0 Å². The topological polar surface area (TPSA) is 65.5 Å². The number of aliphatic imine (C=N–C) groups is 1. The molecule has 1 saturated carbocycles. The zero-order valence-electron chi connectivity index (χ0n) is 12.9. The molecule has 0 aromatic carbocycles. The van der Waals surface area contributed by atoms with E-state index >= 15 is 0 Å². The lowest BCUT2D eigenvalue weighted by Gasteiger charge is -2.24. The summed E-state index contributed by atoms with van der Waals surface area (Å²) in [6.07, 6.45) is 4.68. The molecule has 2 rings (SSSR count). The van der Waals surface area contributed by atoms with Gasteiger partial charge in [-0.05, 0) is 38.4 Å². The molecule has 0 spiro atoms. The normalized spacial score (nSPS) is 25.1. The van der Waals surface area contributed by atoms with E-state index in [0.717, 1.165) is 25.3 Å². The number of carbonyl (C=O) groups is 1. The number of halogens is 1. The zero-order chi connectivity index (χ0) is 14.4. The minimum absolute atomic E-state index is 0. The molecule has 1 atom stereocenters. The molecule has 2 aliphatic rings. The molecule has 1 aliphatic heterocycles. The van der Waals surface area contributed by atoms with Gasteiger partial charge in [0.25, 0.3) is 0 Å². The second-order valence-electron chi connectivity index (χ2n) is 5.82. The van der Waals surface area contributed by atoms with E-state index in [1.54, 1.807) is 7.05 Å². The predicted octanol–water partition coefficient (Wildman–Crippen LogP) is 1.58. The van der Waals surface area contributed by atoms with Crippen molar-refractivity contribution in [3.63, 3.8) is 0 Å². The molecule has 7 heteroatoms. The van der Waals surface area contributed by atoms with E-state index in [0.29, 0.717) is 17.8 Å². The number of hydrogen-bond donors (Lipinski definition) is 3. The van der Waals surface area contributed by atoms with Gasteiger partial charge in [0.05, 0.1) is 0 Å². The Hall–Kier alpha value is -0.180. The van der Waals surface area contributed by atoms with E-state index in [9.17, 15) is 4.79 Å². The first-order valence-electron chi connectivity index (χ1n) is 7.49. The monoisotopic (exact) mass is 426 g/mol. The number of nitrogens with one attached hydrogen (secondary N) is 3. The van der Waals surface area contributed by atoms with Crippen LogP contribution in [0, 0.1) is 5.92 Å². The van der Waals surface area contributed by atoms with Crippen LogP contribution in [0.5, 0.6) is 0 Å². The molecule has 2 fully saturated rings. The number of hydrogen-bond acceptors (Lipinski definition) is 3. The lowest BCUT2D eigenvalue weighted by Crippen LogP contribution is -2.45. The van der Waals surface area contributed by atoms with Crippen LogP contribution in [-0.4, -0.2) is 49.0 Å². The molecule has 1 aliphatic carbocycles. The Morgan fingerprint density at radius 3 is 2.57 bits per heavy atom. The summed E-state index contributed by atoms with van der Waals surface area (Å²) in [4.78, 5) is 15.7. The molecule has 1 saturated heterocycles. The van der Waals surface area contributed by atoms with Crippen LogP contribution in [0.3, 0.4) is 0 Å². The van der Waals surface area contributed by atoms with Gasteiger partial charge in [0.1, 0.15) is 0 Å². The Kier molecular flexibility index (Phi) is 8.15. The molecule has 0 aromatic heterocycles. The van der Waals surface area contributed by atoms with Crippen LogP contribution in [0.2, 0.25) is 0 Å². The maximum atomic E-state index is 11.5. The third-order valence-electron chi connectivity index (χ3n) is 3.82. The van der Waals surface area contributed by atoms with E-state index in [1.165, 1.54) is 18.6 Å². The summed E-state index contributed by atoms with van der Waals surface area (Å²) in [5, 5.41) is 9.56. The van der Waals surface area contributed by atoms with E-state index < -0.39 is 0 Å². The van der Waals surface area contributed by atoms with Gasteiger partial charge in [0.15, 0.2) is 5.96 Å². The highest BCUT2D eigenvalue weighted by atomic mass is 127. The standard InChI is InChI=1S/C14H26N4OS.HI/c1-14(6-3-9-20-14)10-18-13(15-2)17-8-7-16-12(19)11-4-5-11;/h11H,3-10H2,1-2H3,(H,16,19)(H2,15,17,18);1H. The Morgan fingerprint density at radius 1 is 1.29 bits per heavy atom. The zero-order valence-corrected chi connectivity index (χ0v) is 16.1. The first-order valence-corrected chi connectivity index (χ1v) is 8.48. The lowest BCUT2D eigenvalue weighted by molar-refractivity contribution is -0.122. The van der Waals surface area contributed by atoms with Crippen LogP contribution in [0.15, 0.2) is 4.99 Å². The van der Waals surface area contributed by atoms with E-state index in [4.69, 9.17) is 0 Å². The largest absolute Gasteiger partial charge is 0.355 e. The molecular formula is C14H27IN4OS. The molecular weight excluding hydrogens is 399 g/mol. The third kappa shape index (κ3) is 6.63. The number of thioether (sulfide) groups is 1. The average molecular weight is 426 g/mol. The molecule has 0 radical (unpaired) electrons. The van der Waals surface area contributed by atoms with Crippen LogP contribution in [0.25, 0.3) is 0 Å². The van der Waals surface area contributed by atoms with Gasteiger partial charge in [-0.2, -0.15) is 11.8 Å². The number of amides is 1. The summed E-state index contributed by atoms with van der Waals surface area (Å²) in [5.74, 6) is 2.56. The molecule has 122 valence electrons. The van der Waals surface area contributed by atoms with Crippen LogP contribution >= 0.6 is 35.7 Å². The first-order chi connectivity index (χ1) is 9.63. The van der Waals surface area contributed by atoms with E-state index in [2.05, 4.69) is 27.9 Å². The minimum Gasteiger partial charge on any atom is -0.355 e. The highest BCUT2D eigenvalue weighted by Crippen LogP contribution is 2.36. The van der Waals surface area contributed by atoms with Crippen molar-refractivity contribution in [3.8, 4) is 0 Å². The van der Waals surface area contributed by atoms with Gasteiger partial charge in [-0.3, -0.25) is 9.79 Å². The maximum Gasteiger partial charge on any atom is 0.223 e. The third-order valence-corrected chi connectivity index (χ3v) is 5.36. The summed E-state index contributed by atoms with van der Waals surface area (Å²) in [6, 6.07) is 0. The van der Waals surface area contributed by atoms with Crippen molar-refractivity contribution >= 4 is 47.6 Å². The molecule has 1 heterocycles. The summed E-state index contributed by atoms with van der Waals surface area (Å²) < 4.78 is 0.331. The van der Waals surface area contributed by atoms with Gasteiger partial charge in [0.2, 0.25) is 5.91 Å². The molecule has 0 aromatic rings. The second kappa shape index (κ2) is 9.07. The lowest BCUT2D eigenvalue weighted by atomic mass is 10.1.